The summed E-state index contributed by atoms with van der Waals surface area (Å²) in [7, 11) is 0. The van der Waals surface area contributed by atoms with E-state index in [0.29, 0.717) is 0 Å². The molecule has 0 radical (unpaired) electrons. The maximum absolute atomic E-state index is 11.2. The summed E-state index contributed by atoms with van der Waals surface area (Å²) in [5.74, 6) is -0.572. The lowest BCUT2D eigenvalue weighted by atomic mass is 10.3. The van der Waals surface area contributed by atoms with E-state index in [0.717, 1.165) is 0 Å². The van der Waals surface area contributed by atoms with E-state index >= 15 is 0 Å². The largest absolute Gasteiger partial charge is 0.479 e. The van der Waals surface area contributed by atoms with Gasteiger partial charge in [0.05, 0.1) is 21.7 Å². The highest BCUT2D eigenvalue weighted by Gasteiger charge is 2.21. The molecule has 0 unspecified atom stereocenters. The summed E-state index contributed by atoms with van der Waals surface area (Å²) in [4.78, 5) is 11.2. The average Bonchev–Trinajstić information content (AvgIpc) is 2.34. The first-order valence-electron chi connectivity index (χ1n) is 4.70. The fourth-order valence-electron chi connectivity index (χ4n) is 1.05. The van der Waals surface area contributed by atoms with E-state index in [1.54, 1.807) is 6.92 Å². The van der Waals surface area contributed by atoms with E-state index in [2.05, 4.69) is 4.74 Å². The third kappa shape index (κ3) is 3.49. The minimum atomic E-state index is -0.563. The van der Waals surface area contributed by atoms with Gasteiger partial charge in [0.1, 0.15) is 10.0 Å². The van der Waals surface area contributed by atoms with Crippen molar-refractivity contribution in [3.63, 3.8) is 0 Å². The Morgan fingerprint density at radius 1 is 0.944 bits per heavy atom. The van der Waals surface area contributed by atoms with Crippen molar-refractivity contribution in [2.45, 2.75) is 6.92 Å². The van der Waals surface area contributed by atoms with Crippen LogP contribution in [0.25, 0.3) is 0 Å². The summed E-state index contributed by atoms with van der Waals surface area (Å²) in [6.45, 7) is 1.56. The summed E-state index contributed by atoms with van der Waals surface area (Å²) < 4.78 is 9.82. The molecule has 0 amide bonds. The minimum Gasteiger partial charge on any atom is -0.479 e. The highest BCUT2D eigenvalue weighted by molar-refractivity contribution is 6.55. The van der Waals surface area contributed by atoms with Gasteiger partial charge >= 0.3 is 5.97 Å². The van der Waals surface area contributed by atoms with Gasteiger partial charge in [-0.3, -0.25) is 0 Å². The van der Waals surface area contributed by atoms with E-state index < -0.39 is 5.97 Å². The second-order valence-corrected chi connectivity index (χ2v) is 4.88. The summed E-state index contributed by atoms with van der Waals surface area (Å²) in [6, 6.07) is 0. The van der Waals surface area contributed by atoms with E-state index in [9.17, 15) is 4.79 Å². The second kappa shape index (κ2) is 6.92. The molecule has 100 valence electrons. The molecule has 1 aromatic rings. The zero-order valence-electron chi connectivity index (χ0n) is 9.03. The number of carbonyl (C=O) groups is 1. The third-order valence-corrected chi connectivity index (χ3v) is 4.05. The van der Waals surface area contributed by atoms with Gasteiger partial charge in [-0.05, 0) is 6.92 Å². The molecule has 0 saturated carbocycles. The molecule has 0 atom stereocenters. The molecule has 1 rings (SSSR count). The number of hydrogen-bond donors (Lipinski definition) is 0. The molecule has 3 nitrogen and oxygen atoms in total. The molecule has 0 bridgehead atoms. The topological polar surface area (TPSA) is 35.5 Å². The van der Waals surface area contributed by atoms with Crippen molar-refractivity contribution in [2.75, 3.05) is 13.2 Å². The van der Waals surface area contributed by atoms with Crippen LogP contribution < -0.4 is 4.74 Å². The summed E-state index contributed by atoms with van der Waals surface area (Å²) >= 11 is 29.3. The molecule has 0 aliphatic heterocycles. The lowest BCUT2D eigenvalue weighted by Gasteiger charge is -2.13. The van der Waals surface area contributed by atoms with Gasteiger partial charge < -0.3 is 9.47 Å². The van der Waals surface area contributed by atoms with E-state index in [1.165, 1.54) is 0 Å². The van der Waals surface area contributed by atoms with Crippen LogP contribution >= 0.6 is 58.0 Å². The first-order chi connectivity index (χ1) is 8.40. The van der Waals surface area contributed by atoms with Gasteiger partial charge in [0.15, 0.2) is 12.4 Å². The zero-order chi connectivity index (χ0) is 13.9. The Kier molecular flexibility index (Phi) is 6.15. The molecular weight excluding hydrogens is 345 g/mol. The van der Waals surface area contributed by atoms with E-state index in [1.807, 2.05) is 0 Å². The number of benzene rings is 1. The standard InChI is InChI=1S/C10H7Cl5O3/c1-2-17-4(16)3-18-10-8(14)6(12)5(11)7(13)9(10)15/h2-3H2,1H3. The molecule has 0 aliphatic rings. The monoisotopic (exact) mass is 350 g/mol. The Hall–Kier alpha value is -0.0600. The van der Waals surface area contributed by atoms with Crippen LogP contribution in [0.1, 0.15) is 6.92 Å². The number of ether oxygens (including phenoxy) is 2. The summed E-state index contributed by atoms with van der Waals surface area (Å²) in [5.41, 5.74) is 0. The van der Waals surface area contributed by atoms with Crippen molar-refractivity contribution in [3.05, 3.63) is 25.1 Å². The quantitative estimate of drug-likeness (QED) is 0.439. The van der Waals surface area contributed by atoms with Gasteiger partial charge in [-0.15, -0.1) is 0 Å². The summed E-state index contributed by atoms with van der Waals surface area (Å²) in [5, 5.41) is 0.00994. The molecular formula is C10H7Cl5O3. The van der Waals surface area contributed by atoms with Crippen LogP contribution in [0.3, 0.4) is 0 Å². The van der Waals surface area contributed by atoms with Crippen molar-refractivity contribution in [1.29, 1.82) is 0 Å². The fourth-order valence-corrected chi connectivity index (χ4v) is 2.28. The second-order valence-electron chi connectivity index (χ2n) is 2.99. The number of hydrogen-bond acceptors (Lipinski definition) is 3. The van der Waals surface area contributed by atoms with E-state index in [4.69, 9.17) is 62.7 Å². The highest BCUT2D eigenvalue weighted by Crippen LogP contribution is 2.48. The van der Waals surface area contributed by atoms with Gasteiger partial charge in [0, 0.05) is 0 Å². The lowest BCUT2D eigenvalue weighted by molar-refractivity contribution is -0.145. The van der Waals surface area contributed by atoms with Crippen LogP contribution in [0.15, 0.2) is 0 Å². The normalized spacial score (nSPS) is 10.3. The number of carbonyl (C=O) groups excluding carboxylic acids is 1. The average molecular weight is 352 g/mol. The molecule has 18 heavy (non-hydrogen) atoms. The molecule has 0 N–H and O–H groups in total. The van der Waals surface area contributed by atoms with Crippen molar-refractivity contribution in [3.8, 4) is 5.75 Å². The molecule has 0 fully saturated rings. The highest BCUT2D eigenvalue weighted by atomic mass is 35.5. The van der Waals surface area contributed by atoms with E-state index in [-0.39, 0.29) is 44.1 Å². The van der Waals surface area contributed by atoms with Crippen molar-refractivity contribution < 1.29 is 14.3 Å². The van der Waals surface area contributed by atoms with Gasteiger partial charge in [0.2, 0.25) is 0 Å². The number of esters is 1. The van der Waals surface area contributed by atoms with Gasteiger partial charge in [-0.25, -0.2) is 4.79 Å². The third-order valence-electron chi connectivity index (χ3n) is 1.81. The van der Waals surface area contributed by atoms with Crippen molar-refractivity contribution in [1.82, 2.24) is 0 Å². The fraction of sp³-hybridized carbons (Fsp3) is 0.300. The Labute approximate surface area is 129 Å². The molecule has 0 heterocycles. The molecule has 0 saturated heterocycles. The SMILES string of the molecule is CCOC(=O)COc1c(Cl)c(Cl)c(Cl)c(Cl)c1Cl. The van der Waals surface area contributed by atoms with Crippen LogP contribution in [-0.4, -0.2) is 19.2 Å². The van der Waals surface area contributed by atoms with Crippen LogP contribution in [0.4, 0.5) is 0 Å². The Bertz CT molecular complexity index is 446. The molecule has 0 aliphatic carbocycles. The van der Waals surface area contributed by atoms with Crippen LogP contribution in [0.5, 0.6) is 5.75 Å². The number of halogens is 5. The first kappa shape index (κ1) is 16.0. The van der Waals surface area contributed by atoms with Crippen molar-refractivity contribution in [2.24, 2.45) is 0 Å². The maximum atomic E-state index is 11.2. The smallest absolute Gasteiger partial charge is 0.344 e. The van der Waals surface area contributed by atoms with Gasteiger partial charge in [-0.1, -0.05) is 58.0 Å². The predicted octanol–water partition coefficient (Wildman–Crippen LogP) is 4.90. The molecule has 8 heteroatoms. The zero-order valence-corrected chi connectivity index (χ0v) is 12.8. The van der Waals surface area contributed by atoms with Crippen molar-refractivity contribution >= 4 is 64.0 Å². The summed E-state index contributed by atoms with van der Waals surface area (Å²) in [6.07, 6.45) is 0. The molecule has 0 spiro atoms. The van der Waals surface area contributed by atoms with Crippen LogP contribution in [-0.2, 0) is 9.53 Å². The Balaban J connectivity index is 2.99. The Morgan fingerprint density at radius 3 is 1.83 bits per heavy atom. The molecule has 1 aromatic carbocycles. The minimum absolute atomic E-state index is 0.00610. The maximum Gasteiger partial charge on any atom is 0.344 e. The lowest BCUT2D eigenvalue weighted by Crippen LogP contribution is -2.15. The van der Waals surface area contributed by atoms with Gasteiger partial charge in [-0.2, -0.15) is 0 Å². The van der Waals surface area contributed by atoms with Gasteiger partial charge in [0.25, 0.3) is 0 Å². The Morgan fingerprint density at radius 2 is 1.39 bits per heavy atom. The first-order valence-corrected chi connectivity index (χ1v) is 6.59. The van der Waals surface area contributed by atoms with Crippen LogP contribution in [0.2, 0.25) is 25.1 Å². The predicted molar refractivity (Wildman–Crippen MR) is 73.6 cm³/mol. The molecule has 0 aromatic heterocycles. The van der Waals surface area contributed by atoms with Crippen LogP contribution in [0, 0.1) is 0 Å². The number of rotatable bonds is 4.